The fourth-order valence-electron chi connectivity index (χ4n) is 1.06. The summed E-state index contributed by atoms with van der Waals surface area (Å²) in [6, 6.07) is 6.72. The van der Waals surface area contributed by atoms with Gasteiger partial charge in [0.1, 0.15) is 5.75 Å². The minimum atomic E-state index is -0.449. The highest BCUT2D eigenvalue weighted by molar-refractivity contribution is 6.05. The standard InChI is InChI=1S/C10H11NO3/c1-7(12)11-10(13)8-5-3-4-6-9(8)14-2/h3-6H,1-2H3,(H,11,12,13). The summed E-state index contributed by atoms with van der Waals surface area (Å²) in [5.41, 5.74) is 0.352. The molecule has 0 bridgehead atoms. The lowest BCUT2D eigenvalue weighted by Crippen LogP contribution is -2.28. The van der Waals surface area contributed by atoms with Crippen LogP contribution in [0.15, 0.2) is 24.3 Å². The molecule has 4 heteroatoms. The molecular formula is C10H11NO3. The Morgan fingerprint density at radius 1 is 1.29 bits per heavy atom. The molecule has 0 aromatic heterocycles. The number of carbonyl (C=O) groups excluding carboxylic acids is 2. The summed E-state index contributed by atoms with van der Waals surface area (Å²) in [4.78, 5) is 22.1. The van der Waals surface area contributed by atoms with Crippen molar-refractivity contribution < 1.29 is 14.3 Å². The van der Waals surface area contributed by atoms with E-state index in [2.05, 4.69) is 5.32 Å². The van der Waals surface area contributed by atoms with E-state index < -0.39 is 5.91 Å². The first kappa shape index (κ1) is 10.2. The van der Waals surface area contributed by atoms with Crippen LogP contribution < -0.4 is 10.1 Å². The molecule has 0 heterocycles. The third-order valence-electron chi connectivity index (χ3n) is 1.64. The molecular weight excluding hydrogens is 182 g/mol. The minimum absolute atomic E-state index is 0.352. The zero-order valence-corrected chi connectivity index (χ0v) is 8.03. The summed E-state index contributed by atoms with van der Waals surface area (Å²) >= 11 is 0. The summed E-state index contributed by atoms with van der Waals surface area (Å²) in [5.74, 6) is -0.387. The maximum absolute atomic E-state index is 11.4. The van der Waals surface area contributed by atoms with Gasteiger partial charge < -0.3 is 4.74 Å². The van der Waals surface area contributed by atoms with Crippen molar-refractivity contribution in [3.8, 4) is 5.75 Å². The van der Waals surface area contributed by atoms with Gasteiger partial charge in [-0.3, -0.25) is 14.9 Å². The average Bonchev–Trinajstić information content (AvgIpc) is 2.16. The number of ether oxygens (including phenoxy) is 1. The van der Waals surface area contributed by atoms with Crippen LogP contribution >= 0.6 is 0 Å². The van der Waals surface area contributed by atoms with Crippen molar-refractivity contribution in [2.75, 3.05) is 7.11 Å². The van der Waals surface area contributed by atoms with Gasteiger partial charge in [-0.25, -0.2) is 0 Å². The molecule has 0 unspecified atom stereocenters. The fraction of sp³-hybridized carbons (Fsp3) is 0.200. The molecule has 0 radical (unpaired) electrons. The van der Waals surface area contributed by atoms with Crippen LogP contribution in [0.3, 0.4) is 0 Å². The summed E-state index contributed by atoms with van der Waals surface area (Å²) in [5, 5.41) is 2.18. The number of nitrogens with one attached hydrogen (secondary N) is 1. The van der Waals surface area contributed by atoms with Gasteiger partial charge in [-0.1, -0.05) is 12.1 Å². The third kappa shape index (κ3) is 2.32. The van der Waals surface area contributed by atoms with Crippen LogP contribution in [0.5, 0.6) is 5.75 Å². The second-order valence-electron chi connectivity index (χ2n) is 2.71. The van der Waals surface area contributed by atoms with Crippen molar-refractivity contribution >= 4 is 11.8 Å². The smallest absolute Gasteiger partial charge is 0.261 e. The van der Waals surface area contributed by atoms with Gasteiger partial charge in [-0.2, -0.15) is 0 Å². The Labute approximate surface area is 81.9 Å². The molecule has 1 aromatic carbocycles. The van der Waals surface area contributed by atoms with Crippen molar-refractivity contribution in [2.24, 2.45) is 0 Å². The highest BCUT2D eigenvalue weighted by Crippen LogP contribution is 2.16. The lowest BCUT2D eigenvalue weighted by molar-refractivity contribution is -0.118. The number of rotatable bonds is 2. The molecule has 0 aliphatic rings. The maximum Gasteiger partial charge on any atom is 0.261 e. The van der Waals surface area contributed by atoms with Crippen LogP contribution in [-0.2, 0) is 4.79 Å². The van der Waals surface area contributed by atoms with E-state index in [0.29, 0.717) is 11.3 Å². The molecule has 0 saturated heterocycles. The predicted molar refractivity (Wildman–Crippen MR) is 51.1 cm³/mol. The first-order chi connectivity index (χ1) is 6.65. The molecule has 1 N–H and O–H groups in total. The van der Waals surface area contributed by atoms with Crippen molar-refractivity contribution in [3.05, 3.63) is 29.8 Å². The molecule has 0 spiro atoms. The largest absolute Gasteiger partial charge is 0.496 e. The van der Waals surface area contributed by atoms with Gasteiger partial charge in [0, 0.05) is 6.92 Å². The Balaban J connectivity index is 2.94. The second-order valence-corrected chi connectivity index (χ2v) is 2.71. The highest BCUT2D eigenvalue weighted by Gasteiger charge is 2.11. The Morgan fingerprint density at radius 3 is 2.50 bits per heavy atom. The molecule has 1 aromatic rings. The van der Waals surface area contributed by atoms with Crippen LogP contribution in [0.2, 0.25) is 0 Å². The summed E-state index contributed by atoms with van der Waals surface area (Å²) in [6.45, 7) is 1.29. The molecule has 0 fully saturated rings. The number of hydrogen-bond donors (Lipinski definition) is 1. The van der Waals surface area contributed by atoms with Crippen LogP contribution in [0.1, 0.15) is 17.3 Å². The molecule has 4 nitrogen and oxygen atoms in total. The molecule has 2 amide bonds. The van der Waals surface area contributed by atoms with Gasteiger partial charge in [-0.05, 0) is 12.1 Å². The molecule has 1 rings (SSSR count). The second kappa shape index (κ2) is 4.41. The molecule has 0 aliphatic heterocycles. The van der Waals surface area contributed by atoms with E-state index in [1.54, 1.807) is 24.3 Å². The van der Waals surface area contributed by atoms with E-state index in [-0.39, 0.29) is 5.91 Å². The first-order valence-electron chi connectivity index (χ1n) is 4.10. The minimum Gasteiger partial charge on any atom is -0.496 e. The summed E-state index contributed by atoms with van der Waals surface area (Å²) in [6.07, 6.45) is 0. The van der Waals surface area contributed by atoms with Gasteiger partial charge in [0.2, 0.25) is 5.91 Å². The lowest BCUT2D eigenvalue weighted by atomic mass is 10.2. The monoisotopic (exact) mass is 193 g/mol. The normalized spacial score (nSPS) is 9.29. The predicted octanol–water partition coefficient (Wildman–Crippen LogP) is 0.971. The topological polar surface area (TPSA) is 55.4 Å². The van der Waals surface area contributed by atoms with Gasteiger partial charge in [0.25, 0.3) is 5.91 Å². The van der Waals surface area contributed by atoms with Crippen molar-refractivity contribution in [1.29, 1.82) is 0 Å². The van der Waals surface area contributed by atoms with Crippen LogP contribution in [-0.4, -0.2) is 18.9 Å². The Morgan fingerprint density at radius 2 is 1.93 bits per heavy atom. The number of amides is 2. The molecule has 0 saturated carbocycles. The van der Waals surface area contributed by atoms with Crippen LogP contribution in [0.4, 0.5) is 0 Å². The van der Waals surface area contributed by atoms with Crippen molar-refractivity contribution in [1.82, 2.24) is 5.32 Å². The quantitative estimate of drug-likeness (QED) is 0.761. The van der Waals surface area contributed by atoms with E-state index in [4.69, 9.17) is 4.74 Å². The fourth-order valence-corrected chi connectivity index (χ4v) is 1.06. The number of hydrogen-bond acceptors (Lipinski definition) is 3. The van der Waals surface area contributed by atoms with Crippen LogP contribution in [0.25, 0.3) is 0 Å². The van der Waals surface area contributed by atoms with Gasteiger partial charge >= 0.3 is 0 Å². The molecule has 74 valence electrons. The third-order valence-corrected chi connectivity index (χ3v) is 1.64. The Hall–Kier alpha value is -1.84. The summed E-state index contributed by atoms with van der Waals surface area (Å²) < 4.78 is 4.98. The SMILES string of the molecule is COc1ccccc1C(=O)NC(C)=O. The van der Waals surface area contributed by atoms with E-state index in [1.807, 2.05) is 0 Å². The number of imide groups is 1. The zero-order chi connectivity index (χ0) is 10.6. The van der Waals surface area contributed by atoms with E-state index in [1.165, 1.54) is 14.0 Å². The first-order valence-corrected chi connectivity index (χ1v) is 4.10. The number of methoxy groups -OCH3 is 1. The van der Waals surface area contributed by atoms with Gasteiger partial charge in [-0.15, -0.1) is 0 Å². The van der Waals surface area contributed by atoms with Gasteiger partial charge in [0.15, 0.2) is 0 Å². The van der Waals surface area contributed by atoms with Crippen molar-refractivity contribution in [2.45, 2.75) is 6.92 Å². The van der Waals surface area contributed by atoms with E-state index in [9.17, 15) is 9.59 Å². The van der Waals surface area contributed by atoms with Crippen LogP contribution in [0, 0.1) is 0 Å². The Kier molecular flexibility index (Phi) is 3.23. The zero-order valence-electron chi connectivity index (χ0n) is 8.03. The van der Waals surface area contributed by atoms with Gasteiger partial charge in [0.05, 0.1) is 12.7 Å². The highest BCUT2D eigenvalue weighted by atomic mass is 16.5. The summed E-state index contributed by atoms with van der Waals surface area (Å²) in [7, 11) is 1.47. The molecule has 0 aliphatic carbocycles. The van der Waals surface area contributed by atoms with E-state index in [0.717, 1.165) is 0 Å². The molecule has 14 heavy (non-hydrogen) atoms. The number of benzene rings is 1. The number of carbonyl (C=O) groups is 2. The van der Waals surface area contributed by atoms with E-state index >= 15 is 0 Å². The number of para-hydroxylation sites is 1. The maximum atomic E-state index is 11.4. The molecule has 0 atom stereocenters. The average molecular weight is 193 g/mol. The lowest BCUT2D eigenvalue weighted by Gasteiger charge is -2.06. The van der Waals surface area contributed by atoms with Crippen molar-refractivity contribution in [3.63, 3.8) is 0 Å². The Bertz CT molecular complexity index is 360.